The highest BCUT2D eigenvalue weighted by Gasteiger charge is 2.26. The molecule has 1 aliphatic rings. The Bertz CT molecular complexity index is 812. The lowest BCUT2D eigenvalue weighted by molar-refractivity contribution is 0.0973. The van der Waals surface area contributed by atoms with Crippen LogP contribution in [-0.2, 0) is 13.1 Å². The zero-order valence-electron chi connectivity index (χ0n) is 11.9. The van der Waals surface area contributed by atoms with Crippen molar-refractivity contribution in [3.63, 3.8) is 0 Å². The second-order valence-corrected chi connectivity index (χ2v) is 5.78. The van der Waals surface area contributed by atoms with E-state index in [1.165, 1.54) is 0 Å². The van der Waals surface area contributed by atoms with Crippen molar-refractivity contribution in [1.29, 1.82) is 0 Å². The first-order valence-corrected chi connectivity index (χ1v) is 7.50. The van der Waals surface area contributed by atoms with Crippen molar-refractivity contribution < 1.29 is 4.79 Å². The predicted octanol–water partition coefficient (Wildman–Crippen LogP) is 1.32. The maximum Gasteiger partial charge on any atom is 0.258 e. The molecule has 1 aliphatic heterocycles. The fourth-order valence-electron chi connectivity index (χ4n) is 2.33. The molecule has 0 saturated heterocycles. The minimum absolute atomic E-state index is 0.120. The van der Waals surface area contributed by atoms with Crippen LogP contribution in [0.25, 0.3) is 0 Å². The number of carbonyl (C=O) groups is 1. The van der Waals surface area contributed by atoms with Gasteiger partial charge in [0, 0.05) is 5.56 Å². The summed E-state index contributed by atoms with van der Waals surface area (Å²) in [4.78, 5) is 22.1. The quantitative estimate of drug-likeness (QED) is 0.667. The fraction of sp³-hybridized carbons (Fsp3) is 0.143. The molecule has 0 unspecified atom stereocenters. The molecule has 7 nitrogen and oxygen atoms in total. The van der Waals surface area contributed by atoms with E-state index in [0.29, 0.717) is 35.2 Å². The van der Waals surface area contributed by atoms with E-state index in [1.807, 2.05) is 0 Å². The first kappa shape index (κ1) is 15.4. The summed E-state index contributed by atoms with van der Waals surface area (Å²) in [6.45, 7) is 0.830. The Kier molecular flexibility index (Phi) is 4.01. The Morgan fingerprint density at radius 2 is 2.00 bits per heavy atom. The Morgan fingerprint density at radius 1 is 1.26 bits per heavy atom. The highest BCUT2D eigenvalue weighted by atomic mass is 35.5. The standard InChI is InChI=1S/C14H13ClN6OS/c15-9-4-2-1-3-7(9)12(22)20-14(23)21-5-8-10(6-21)18-13(17)19-11(8)16/h1-4H,5-6H2,(H,20,22,23)(H4,16,17,18,19). The third-order valence-electron chi connectivity index (χ3n) is 3.46. The molecular weight excluding hydrogens is 336 g/mol. The van der Waals surface area contributed by atoms with Crippen molar-refractivity contribution >= 4 is 46.6 Å². The second kappa shape index (κ2) is 5.98. The number of nitrogens with zero attached hydrogens (tertiary/aromatic N) is 3. The molecule has 0 spiro atoms. The Hall–Kier alpha value is -2.45. The summed E-state index contributed by atoms with van der Waals surface area (Å²) in [5.74, 6) is 0.0828. The molecule has 1 aromatic carbocycles. The van der Waals surface area contributed by atoms with Gasteiger partial charge in [-0.15, -0.1) is 0 Å². The van der Waals surface area contributed by atoms with Gasteiger partial charge < -0.3 is 16.4 Å². The van der Waals surface area contributed by atoms with Gasteiger partial charge in [0.15, 0.2) is 5.11 Å². The molecule has 0 atom stereocenters. The number of anilines is 2. The fourth-order valence-corrected chi connectivity index (χ4v) is 2.78. The molecule has 5 N–H and O–H groups in total. The Balaban J connectivity index is 1.72. The lowest BCUT2D eigenvalue weighted by Gasteiger charge is -2.18. The minimum Gasteiger partial charge on any atom is -0.383 e. The molecule has 0 saturated carbocycles. The molecule has 1 amide bonds. The number of halogens is 1. The number of nitrogen functional groups attached to an aromatic ring is 2. The van der Waals surface area contributed by atoms with Crippen LogP contribution in [0.5, 0.6) is 0 Å². The number of hydrogen-bond acceptors (Lipinski definition) is 6. The highest BCUT2D eigenvalue weighted by Crippen LogP contribution is 2.25. The number of amides is 1. The smallest absolute Gasteiger partial charge is 0.258 e. The predicted molar refractivity (Wildman–Crippen MR) is 91.6 cm³/mol. The molecule has 0 radical (unpaired) electrons. The summed E-state index contributed by atoms with van der Waals surface area (Å²) >= 11 is 11.3. The zero-order valence-corrected chi connectivity index (χ0v) is 13.5. The van der Waals surface area contributed by atoms with Gasteiger partial charge in [0.1, 0.15) is 5.82 Å². The van der Waals surface area contributed by atoms with E-state index in [0.717, 1.165) is 5.56 Å². The number of fused-ring (bicyclic) bond motifs is 1. The highest BCUT2D eigenvalue weighted by molar-refractivity contribution is 7.80. The summed E-state index contributed by atoms with van der Waals surface area (Å²) in [7, 11) is 0. The molecule has 2 aromatic rings. The van der Waals surface area contributed by atoms with Gasteiger partial charge in [-0.05, 0) is 24.4 Å². The number of aromatic nitrogens is 2. The molecule has 1 aromatic heterocycles. The van der Waals surface area contributed by atoms with E-state index >= 15 is 0 Å². The van der Waals surface area contributed by atoms with Crippen LogP contribution in [0.4, 0.5) is 11.8 Å². The molecule has 2 heterocycles. The van der Waals surface area contributed by atoms with Crippen LogP contribution in [0.3, 0.4) is 0 Å². The largest absolute Gasteiger partial charge is 0.383 e. The number of benzene rings is 1. The lowest BCUT2D eigenvalue weighted by atomic mass is 10.2. The van der Waals surface area contributed by atoms with Crippen LogP contribution in [-0.4, -0.2) is 25.9 Å². The first-order chi connectivity index (χ1) is 11.0. The summed E-state index contributed by atoms with van der Waals surface area (Å²) in [6, 6.07) is 6.75. The van der Waals surface area contributed by atoms with Crippen LogP contribution in [0.15, 0.2) is 24.3 Å². The van der Waals surface area contributed by atoms with Crippen molar-refractivity contribution in [1.82, 2.24) is 20.2 Å². The van der Waals surface area contributed by atoms with Crippen molar-refractivity contribution in [3.05, 3.63) is 46.1 Å². The molecule has 9 heteroatoms. The topological polar surface area (TPSA) is 110 Å². The van der Waals surface area contributed by atoms with Crippen molar-refractivity contribution in [2.75, 3.05) is 11.5 Å². The van der Waals surface area contributed by atoms with Gasteiger partial charge in [-0.3, -0.25) is 10.1 Å². The van der Waals surface area contributed by atoms with Crippen molar-refractivity contribution in [3.8, 4) is 0 Å². The average Bonchev–Trinajstić information content (AvgIpc) is 2.92. The average molecular weight is 349 g/mol. The summed E-state index contributed by atoms with van der Waals surface area (Å²) in [5, 5.41) is 3.29. The lowest BCUT2D eigenvalue weighted by Crippen LogP contribution is -2.40. The number of nitrogens with one attached hydrogen (secondary N) is 1. The van der Waals surface area contributed by atoms with E-state index in [1.54, 1.807) is 29.2 Å². The normalized spacial score (nSPS) is 12.8. The third-order valence-corrected chi connectivity index (χ3v) is 4.15. The van der Waals surface area contributed by atoms with Crippen LogP contribution < -0.4 is 16.8 Å². The zero-order chi connectivity index (χ0) is 16.6. The number of thiocarbonyl (C=S) groups is 1. The van der Waals surface area contributed by atoms with Crippen LogP contribution >= 0.6 is 23.8 Å². The first-order valence-electron chi connectivity index (χ1n) is 6.71. The van der Waals surface area contributed by atoms with Gasteiger partial charge in [0.05, 0.1) is 29.4 Å². The second-order valence-electron chi connectivity index (χ2n) is 4.99. The monoisotopic (exact) mass is 348 g/mol. The van der Waals surface area contributed by atoms with Crippen molar-refractivity contribution in [2.24, 2.45) is 0 Å². The number of carbonyl (C=O) groups excluding carboxylic acids is 1. The molecule has 3 rings (SSSR count). The van der Waals surface area contributed by atoms with Gasteiger partial charge in [0.25, 0.3) is 5.91 Å². The van der Waals surface area contributed by atoms with E-state index in [2.05, 4.69) is 15.3 Å². The van der Waals surface area contributed by atoms with Gasteiger partial charge in [0.2, 0.25) is 5.95 Å². The molecule has 0 aliphatic carbocycles. The number of nitrogens with two attached hydrogens (primary N) is 2. The molecular formula is C14H13ClN6OS. The summed E-state index contributed by atoms with van der Waals surface area (Å²) < 4.78 is 0. The van der Waals surface area contributed by atoms with E-state index < -0.39 is 0 Å². The SMILES string of the molecule is Nc1nc(N)c2c(n1)CN(C(=S)NC(=O)c1ccccc1Cl)C2. The maximum atomic E-state index is 12.2. The Morgan fingerprint density at radius 3 is 2.74 bits per heavy atom. The number of rotatable bonds is 1. The van der Waals surface area contributed by atoms with Crippen molar-refractivity contribution in [2.45, 2.75) is 13.1 Å². The molecule has 23 heavy (non-hydrogen) atoms. The molecule has 0 fully saturated rings. The summed E-state index contributed by atoms with van der Waals surface area (Å²) in [5.41, 5.74) is 13.3. The van der Waals surface area contributed by atoms with Gasteiger partial charge in [-0.25, -0.2) is 4.98 Å². The number of hydrogen-bond donors (Lipinski definition) is 3. The summed E-state index contributed by atoms with van der Waals surface area (Å²) in [6.07, 6.45) is 0. The van der Waals surface area contributed by atoms with Crippen LogP contribution in [0.2, 0.25) is 5.02 Å². The van der Waals surface area contributed by atoms with E-state index in [-0.39, 0.29) is 17.0 Å². The van der Waals surface area contributed by atoms with Crippen LogP contribution in [0.1, 0.15) is 21.6 Å². The van der Waals surface area contributed by atoms with E-state index in [9.17, 15) is 4.79 Å². The maximum absolute atomic E-state index is 12.2. The van der Waals surface area contributed by atoms with Gasteiger partial charge in [-0.2, -0.15) is 4.98 Å². The third kappa shape index (κ3) is 3.03. The van der Waals surface area contributed by atoms with Crippen LogP contribution in [0, 0.1) is 0 Å². The van der Waals surface area contributed by atoms with Gasteiger partial charge in [-0.1, -0.05) is 23.7 Å². The van der Waals surface area contributed by atoms with Gasteiger partial charge >= 0.3 is 0 Å². The molecule has 118 valence electrons. The van der Waals surface area contributed by atoms with E-state index in [4.69, 9.17) is 35.3 Å². The molecule has 0 bridgehead atoms. The minimum atomic E-state index is -0.366. The Labute approximate surface area is 142 Å².